The summed E-state index contributed by atoms with van der Waals surface area (Å²) in [5.74, 6) is 0.144. The van der Waals surface area contributed by atoms with Gasteiger partial charge in [-0.25, -0.2) is 8.42 Å². The second-order valence-electron chi connectivity index (χ2n) is 5.72. The summed E-state index contributed by atoms with van der Waals surface area (Å²) >= 11 is 0. The smallest absolute Gasteiger partial charge is 0.175 e. The topological polar surface area (TPSA) is 52.6 Å². The standard InChI is InChI=1S/C15H20O4S/c1-20(16,17)14-4-2-12(3-5-14)13-6-8-15(9-7-13)18-10-11-19-15/h2-5,13H,6-11H2,1H3. The number of rotatable bonds is 2. The van der Waals surface area contributed by atoms with Crippen molar-refractivity contribution >= 4 is 9.84 Å². The van der Waals surface area contributed by atoms with Crippen LogP contribution in [0.5, 0.6) is 0 Å². The van der Waals surface area contributed by atoms with Crippen molar-refractivity contribution in [1.82, 2.24) is 0 Å². The lowest BCUT2D eigenvalue weighted by atomic mass is 9.81. The lowest BCUT2D eigenvalue weighted by Crippen LogP contribution is -2.34. The highest BCUT2D eigenvalue weighted by atomic mass is 32.2. The Balaban J connectivity index is 1.69. The Bertz CT molecular complexity index is 560. The summed E-state index contributed by atoms with van der Waals surface area (Å²) in [5.41, 5.74) is 1.21. The Morgan fingerprint density at radius 1 is 1.05 bits per heavy atom. The number of hydrogen-bond donors (Lipinski definition) is 0. The first kappa shape index (κ1) is 14.0. The molecule has 1 spiro atoms. The molecule has 4 nitrogen and oxygen atoms in total. The van der Waals surface area contributed by atoms with Crippen LogP contribution in [0.3, 0.4) is 0 Å². The molecule has 1 saturated heterocycles. The molecule has 1 aromatic carbocycles. The highest BCUT2D eigenvalue weighted by molar-refractivity contribution is 7.90. The van der Waals surface area contributed by atoms with E-state index in [4.69, 9.17) is 9.47 Å². The Morgan fingerprint density at radius 2 is 1.60 bits per heavy atom. The number of benzene rings is 1. The van der Waals surface area contributed by atoms with Gasteiger partial charge in [-0.05, 0) is 36.5 Å². The largest absolute Gasteiger partial charge is 0.348 e. The van der Waals surface area contributed by atoms with E-state index in [1.807, 2.05) is 12.1 Å². The average molecular weight is 296 g/mol. The van der Waals surface area contributed by atoms with Gasteiger partial charge in [0.1, 0.15) is 0 Å². The van der Waals surface area contributed by atoms with Crippen LogP contribution < -0.4 is 0 Å². The summed E-state index contributed by atoms with van der Waals surface area (Å²) in [6, 6.07) is 7.29. The molecule has 1 aliphatic heterocycles. The van der Waals surface area contributed by atoms with Gasteiger partial charge in [-0.15, -0.1) is 0 Å². The number of hydrogen-bond acceptors (Lipinski definition) is 4. The first-order valence-electron chi connectivity index (χ1n) is 7.06. The number of sulfone groups is 1. The van der Waals surface area contributed by atoms with E-state index >= 15 is 0 Å². The predicted octanol–water partition coefficient (Wildman–Crippen LogP) is 2.49. The maximum absolute atomic E-state index is 11.5. The maximum Gasteiger partial charge on any atom is 0.175 e. The van der Waals surface area contributed by atoms with Crippen LogP contribution in [0.25, 0.3) is 0 Å². The molecule has 0 unspecified atom stereocenters. The van der Waals surface area contributed by atoms with Crippen molar-refractivity contribution in [2.45, 2.75) is 42.3 Å². The monoisotopic (exact) mass is 296 g/mol. The van der Waals surface area contributed by atoms with Crippen molar-refractivity contribution in [2.75, 3.05) is 19.5 Å². The molecule has 110 valence electrons. The predicted molar refractivity (Wildman–Crippen MR) is 75.4 cm³/mol. The molecule has 0 radical (unpaired) electrons. The summed E-state index contributed by atoms with van der Waals surface area (Å²) in [5, 5.41) is 0. The molecule has 1 saturated carbocycles. The summed E-state index contributed by atoms with van der Waals surface area (Å²) < 4.78 is 34.4. The van der Waals surface area contributed by atoms with Crippen LogP contribution in [0.15, 0.2) is 29.2 Å². The summed E-state index contributed by atoms with van der Waals surface area (Å²) in [6.07, 6.45) is 5.13. The molecule has 5 heteroatoms. The normalized spacial score (nSPS) is 23.2. The van der Waals surface area contributed by atoms with E-state index in [1.165, 1.54) is 11.8 Å². The summed E-state index contributed by atoms with van der Waals surface area (Å²) in [4.78, 5) is 0.385. The highest BCUT2D eigenvalue weighted by Crippen LogP contribution is 2.42. The van der Waals surface area contributed by atoms with E-state index < -0.39 is 9.84 Å². The van der Waals surface area contributed by atoms with Gasteiger partial charge in [0.2, 0.25) is 0 Å². The third-order valence-electron chi connectivity index (χ3n) is 4.34. The lowest BCUT2D eigenvalue weighted by Gasteiger charge is -2.35. The molecule has 1 aliphatic carbocycles. The van der Waals surface area contributed by atoms with Crippen molar-refractivity contribution in [1.29, 1.82) is 0 Å². The highest BCUT2D eigenvalue weighted by Gasteiger charge is 2.40. The zero-order valence-electron chi connectivity index (χ0n) is 11.7. The van der Waals surface area contributed by atoms with E-state index in [0.717, 1.165) is 25.7 Å². The van der Waals surface area contributed by atoms with Crippen molar-refractivity contribution in [3.63, 3.8) is 0 Å². The van der Waals surface area contributed by atoms with Crippen molar-refractivity contribution in [3.8, 4) is 0 Å². The van der Waals surface area contributed by atoms with Gasteiger partial charge >= 0.3 is 0 Å². The molecule has 0 atom stereocenters. The molecule has 0 aromatic heterocycles. The zero-order chi connectivity index (χ0) is 14.2. The molecule has 2 fully saturated rings. The molecule has 1 aromatic rings. The fourth-order valence-corrected chi connectivity index (χ4v) is 3.79. The fourth-order valence-electron chi connectivity index (χ4n) is 3.16. The van der Waals surface area contributed by atoms with Gasteiger partial charge in [-0.1, -0.05) is 12.1 Å². The molecule has 0 amide bonds. The molecule has 3 rings (SSSR count). The van der Waals surface area contributed by atoms with Gasteiger partial charge in [0.25, 0.3) is 0 Å². The Morgan fingerprint density at radius 3 is 2.10 bits per heavy atom. The lowest BCUT2D eigenvalue weighted by molar-refractivity contribution is -0.178. The van der Waals surface area contributed by atoms with E-state index in [-0.39, 0.29) is 5.79 Å². The van der Waals surface area contributed by atoms with Gasteiger partial charge in [-0.2, -0.15) is 0 Å². The van der Waals surface area contributed by atoms with E-state index in [9.17, 15) is 8.42 Å². The minimum absolute atomic E-state index is 0.330. The first-order valence-corrected chi connectivity index (χ1v) is 8.96. The molecule has 2 aliphatic rings. The first-order chi connectivity index (χ1) is 9.49. The van der Waals surface area contributed by atoms with Crippen molar-refractivity contribution in [3.05, 3.63) is 29.8 Å². The van der Waals surface area contributed by atoms with Crippen LogP contribution in [0.2, 0.25) is 0 Å². The fraction of sp³-hybridized carbons (Fsp3) is 0.600. The minimum Gasteiger partial charge on any atom is -0.348 e. The van der Waals surface area contributed by atoms with Crippen LogP contribution in [0, 0.1) is 0 Å². The second-order valence-corrected chi connectivity index (χ2v) is 7.74. The van der Waals surface area contributed by atoms with Gasteiger partial charge in [-0.3, -0.25) is 0 Å². The van der Waals surface area contributed by atoms with Gasteiger partial charge in [0, 0.05) is 19.1 Å². The summed E-state index contributed by atoms with van der Waals surface area (Å²) in [6.45, 7) is 1.40. The van der Waals surface area contributed by atoms with Crippen LogP contribution in [-0.4, -0.2) is 33.7 Å². The maximum atomic E-state index is 11.5. The molecular formula is C15H20O4S. The quantitative estimate of drug-likeness (QED) is 0.841. The van der Waals surface area contributed by atoms with Gasteiger partial charge in [0.05, 0.1) is 18.1 Å². The van der Waals surface area contributed by atoms with Crippen LogP contribution in [0.1, 0.15) is 37.2 Å². The molecular weight excluding hydrogens is 276 g/mol. The van der Waals surface area contributed by atoms with E-state index in [1.54, 1.807) is 12.1 Å². The minimum atomic E-state index is -3.11. The molecule has 20 heavy (non-hydrogen) atoms. The average Bonchev–Trinajstić information content (AvgIpc) is 2.87. The number of ether oxygens (including phenoxy) is 2. The zero-order valence-corrected chi connectivity index (χ0v) is 12.5. The van der Waals surface area contributed by atoms with Gasteiger partial charge in [0.15, 0.2) is 15.6 Å². The SMILES string of the molecule is CS(=O)(=O)c1ccc(C2CCC3(CC2)OCCO3)cc1. The second kappa shape index (κ2) is 5.13. The van der Waals surface area contributed by atoms with Crippen LogP contribution in [-0.2, 0) is 19.3 Å². The van der Waals surface area contributed by atoms with Crippen molar-refractivity contribution < 1.29 is 17.9 Å². The molecule has 1 heterocycles. The Kier molecular flexibility index (Phi) is 3.60. The Labute approximate surface area is 120 Å². The van der Waals surface area contributed by atoms with Crippen LogP contribution in [0.4, 0.5) is 0 Å². The van der Waals surface area contributed by atoms with E-state index in [0.29, 0.717) is 24.0 Å². The molecule has 0 bridgehead atoms. The Hall–Kier alpha value is -0.910. The van der Waals surface area contributed by atoms with E-state index in [2.05, 4.69) is 0 Å². The third-order valence-corrected chi connectivity index (χ3v) is 5.47. The van der Waals surface area contributed by atoms with Gasteiger partial charge < -0.3 is 9.47 Å². The third kappa shape index (κ3) is 2.75. The van der Waals surface area contributed by atoms with Crippen LogP contribution >= 0.6 is 0 Å². The molecule has 0 N–H and O–H groups in total. The van der Waals surface area contributed by atoms with Crippen molar-refractivity contribution in [2.24, 2.45) is 0 Å². The summed E-state index contributed by atoms with van der Waals surface area (Å²) in [7, 11) is -3.11.